The van der Waals surface area contributed by atoms with Crippen molar-refractivity contribution in [1.82, 2.24) is 0 Å². The van der Waals surface area contributed by atoms with Gasteiger partial charge < -0.3 is 0 Å². The van der Waals surface area contributed by atoms with Crippen LogP contribution >= 0.6 is 23.0 Å². The van der Waals surface area contributed by atoms with Crippen molar-refractivity contribution >= 4 is 23.0 Å². The molecule has 0 spiro atoms. The highest BCUT2D eigenvalue weighted by Crippen LogP contribution is 1.79. The first kappa shape index (κ1) is 4.65. The molecular formula is CH3IO2. The minimum absolute atomic E-state index is 1.45. The van der Waals surface area contributed by atoms with E-state index in [0.29, 0.717) is 0 Å². The van der Waals surface area contributed by atoms with Crippen LogP contribution in [0, 0.1) is 0 Å². The van der Waals surface area contributed by atoms with Crippen LogP contribution in [-0.4, -0.2) is 7.11 Å². The molecule has 26 valence electrons. The van der Waals surface area contributed by atoms with Gasteiger partial charge in [0.05, 0.1) is 7.11 Å². The van der Waals surface area contributed by atoms with Crippen molar-refractivity contribution in [2.24, 2.45) is 0 Å². The van der Waals surface area contributed by atoms with Crippen LogP contribution in [0.2, 0.25) is 0 Å². The zero-order valence-electron chi connectivity index (χ0n) is 2.19. The molecule has 0 saturated carbocycles. The van der Waals surface area contributed by atoms with Gasteiger partial charge >= 0.3 is 0 Å². The Morgan fingerprint density at radius 3 is 2.00 bits per heavy atom. The van der Waals surface area contributed by atoms with Crippen LogP contribution in [-0.2, 0) is 8.10 Å². The molecule has 0 heterocycles. The van der Waals surface area contributed by atoms with E-state index in [1.165, 1.54) is 7.11 Å². The third-order valence-electron chi connectivity index (χ3n) is 0.0630. The summed E-state index contributed by atoms with van der Waals surface area (Å²) >= 11 is 1.63. The quantitative estimate of drug-likeness (QED) is 0.334. The third-order valence-corrected chi connectivity index (χ3v) is 0.423. The van der Waals surface area contributed by atoms with Gasteiger partial charge in [-0.1, -0.05) is 0 Å². The van der Waals surface area contributed by atoms with E-state index in [2.05, 4.69) is 8.10 Å². The van der Waals surface area contributed by atoms with Crippen molar-refractivity contribution in [3.8, 4) is 0 Å². The van der Waals surface area contributed by atoms with Crippen molar-refractivity contribution in [3.05, 3.63) is 0 Å². The van der Waals surface area contributed by atoms with Crippen LogP contribution in [0.5, 0.6) is 0 Å². The van der Waals surface area contributed by atoms with Crippen LogP contribution in [0.3, 0.4) is 0 Å². The molecule has 0 atom stereocenters. The standard InChI is InChI=1S/CH3IO2/c1-3-4-2/h1H3. The first-order valence-corrected chi connectivity index (χ1v) is 1.61. The highest BCUT2D eigenvalue weighted by molar-refractivity contribution is 14.1. The Morgan fingerprint density at radius 2 is 2.00 bits per heavy atom. The summed E-state index contributed by atoms with van der Waals surface area (Å²) in [5, 5.41) is 0. The summed E-state index contributed by atoms with van der Waals surface area (Å²) < 4.78 is 4.01. The van der Waals surface area contributed by atoms with Gasteiger partial charge in [0.25, 0.3) is 0 Å². The van der Waals surface area contributed by atoms with E-state index in [4.69, 9.17) is 0 Å². The molecule has 2 nitrogen and oxygen atoms in total. The average Bonchev–Trinajstić information content (AvgIpc) is 1.37. The Labute approximate surface area is 38.7 Å². The second kappa shape index (κ2) is 3.65. The highest BCUT2D eigenvalue weighted by atomic mass is 127. The molecule has 0 fully saturated rings. The van der Waals surface area contributed by atoms with Gasteiger partial charge in [0.2, 0.25) is 0 Å². The predicted octanol–water partition coefficient (Wildman–Crippen LogP) is 0.914. The Hall–Kier alpha value is 0.650. The molecule has 0 amide bonds. The van der Waals surface area contributed by atoms with E-state index in [0.717, 1.165) is 0 Å². The monoisotopic (exact) mass is 174 g/mol. The number of hydrogen-bond donors (Lipinski definition) is 0. The van der Waals surface area contributed by atoms with E-state index < -0.39 is 0 Å². The molecule has 0 aliphatic carbocycles. The topological polar surface area (TPSA) is 18.5 Å². The van der Waals surface area contributed by atoms with Crippen molar-refractivity contribution < 1.29 is 8.10 Å². The maximum absolute atomic E-state index is 4.03. The van der Waals surface area contributed by atoms with E-state index in [9.17, 15) is 0 Å². The summed E-state index contributed by atoms with van der Waals surface area (Å²) in [6, 6.07) is 0. The Kier molecular flexibility index (Phi) is 4.24. The minimum Gasteiger partial charge on any atom is -0.230 e. The fourth-order valence-electron chi connectivity index (χ4n) is 0. The smallest absolute Gasteiger partial charge is 0.155 e. The molecule has 0 rings (SSSR count). The molecule has 0 N–H and O–H groups in total. The first-order valence-electron chi connectivity index (χ1n) is 0.729. The lowest BCUT2D eigenvalue weighted by atomic mass is 11.8. The SMILES string of the molecule is COOI. The zero-order chi connectivity index (χ0) is 3.41. The van der Waals surface area contributed by atoms with Gasteiger partial charge in [-0.3, -0.25) is 0 Å². The Balaban J connectivity index is 1.97. The molecular weight excluding hydrogens is 171 g/mol. The van der Waals surface area contributed by atoms with Crippen molar-refractivity contribution in [3.63, 3.8) is 0 Å². The zero-order valence-corrected chi connectivity index (χ0v) is 4.35. The fraction of sp³-hybridized carbons (Fsp3) is 1.00. The van der Waals surface area contributed by atoms with Gasteiger partial charge in [-0.05, 0) is 0 Å². The molecule has 0 aromatic rings. The first-order chi connectivity index (χ1) is 1.91. The van der Waals surface area contributed by atoms with Crippen LogP contribution < -0.4 is 0 Å². The van der Waals surface area contributed by atoms with Crippen molar-refractivity contribution in [2.45, 2.75) is 0 Å². The number of rotatable bonds is 1. The summed E-state index contributed by atoms with van der Waals surface area (Å²) in [5.41, 5.74) is 0. The summed E-state index contributed by atoms with van der Waals surface area (Å²) in [6.07, 6.45) is 0. The maximum atomic E-state index is 4.03. The van der Waals surface area contributed by atoms with Gasteiger partial charge in [-0.2, -0.15) is 3.22 Å². The summed E-state index contributed by atoms with van der Waals surface area (Å²) in [4.78, 5) is 4.03. The summed E-state index contributed by atoms with van der Waals surface area (Å²) in [6.45, 7) is 0. The van der Waals surface area contributed by atoms with Crippen LogP contribution in [0.1, 0.15) is 0 Å². The molecule has 3 heteroatoms. The number of halogens is 1. The second-order valence-electron chi connectivity index (χ2n) is 0.230. The molecule has 0 aromatic heterocycles. The fourth-order valence-corrected chi connectivity index (χ4v) is 0. The van der Waals surface area contributed by atoms with E-state index in [-0.39, 0.29) is 0 Å². The lowest BCUT2D eigenvalue weighted by Crippen LogP contribution is -1.63. The molecule has 4 heavy (non-hydrogen) atoms. The molecule has 0 aromatic carbocycles. The molecule has 0 saturated heterocycles. The Bertz CT molecular complexity index is 8.00. The van der Waals surface area contributed by atoms with Gasteiger partial charge in [-0.15, -0.1) is 0 Å². The van der Waals surface area contributed by atoms with E-state index in [1.54, 1.807) is 23.0 Å². The Morgan fingerprint density at radius 1 is 1.75 bits per heavy atom. The van der Waals surface area contributed by atoms with Gasteiger partial charge in [-0.25, -0.2) is 4.89 Å². The number of hydrogen-bond acceptors (Lipinski definition) is 2. The second-order valence-corrected chi connectivity index (χ2v) is 0.589. The molecule has 0 bridgehead atoms. The molecule has 0 aliphatic heterocycles. The normalized spacial score (nSPS) is 7.50. The summed E-state index contributed by atoms with van der Waals surface area (Å²) in [7, 11) is 1.45. The van der Waals surface area contributed by atoms with Crippen LogP contribution in [0.15, 0.2) is 0 Å². The van der Waals surface area contributed by atoms with Gasteiger partial charge in [0.15, 0.2) is 23.0 Å². The van der Waals surface area contributed by atoms with Gasteiger partial charge in [0, 0.05) is 0 Å². The van der Waals surface area contributed by atoms with E-state index >= 15 is 0 Å². The molecule has 0 aliphatic rings. The predicted molar refractivity (Wildman–Crippen MR) is 22.1 cm³/mol. The lowest BCUT2D eigenvalue weighted by molar-refractivity contribution is -0.133. The highest BCUT2D eigenvalue weighted by Gasteiger charge is 1.52. The van der Waals surface area contributed by atoms with E-state index in [1.807, 2.05) is 0 Å². The molecule has 0 unspecified atom stereocenters. The lowest BCUT2D eigenvalue weighted by Gasteiger charge is -1.74. The van der Waals surface area contributed by atoms with Crippen molar-refractivity contribution in [2.75, 3.05) is 7.11 Å². The maximum Gasteiger partial charge on any atom is 0.155 e. The van der Waals surface area contributed by atoms with Crippen molar-refractivity contribution in [1.29, 1.82) is 0 Å². The van der Waals surface area contributed by atoms with Crippen LogP contribution in [0.25, 0.3) is 0 Å². The third kappa shape index (κ3) is 2.65. The molecule has 0 radical (unpaired) electrons. The largest absolute Gasteiger partial charge is 0.230 e. The van der Waals surface area contributed by atoms with Crippen LogP contribution in [0.4, 0.5) is 0 Å². The van der Waals surface area contributed by atoms with Gasteiger partial charge in [0.1, 0.15) is 0 Å². The summed E-state index contributed by atoms with van der Waals surface area (Å²) in [5.74, 6) is 0. The minimum atomic E-state index is 1.45. The average molecular weight is 174 g/mol.